The summed E-state index contributed by atoms with van der Waals surface area (Å²) < 4.78 is 1.46. The highest BCUT2D eigenvalue weighted by Gasteiger charge is 2.52. The van der Waals surface area contributed by atoms with Gasteiger partial charge in [-0.1, -0.05) is 48.5 Å². The van der Waals surface area contributed by atoms with Crippen molar-refractivity contribution in [2.75, 3.05) is 18.1 Å². The monoisotopic (exact) mass is 488 g/mol. The van der Waals surface area contributed by atoms with Gasteiger partial charge in [0.1, 0.15) is 12.3 Å². The van der Waals surface area contributed by atoms with Crippen molar-refractivity contribution in [2.24, 2.45) is 0 Å². The lowest BCUT2D eigenvalue weighted by molar-refractivity contribution is -0.426. The molecule has 4 amide bonds. The van der Waals surface area contributed by atoms with Gasteiger partial charge in [0.05, 0.1) is 0 Å². The Labute approximate surface area is 206 Å². The number of carbonyl (C=O) groups excluding carboxylic acids is 3. The van der Waals surface area contributed by atoms with Gasteiger partial charge in [-0.25, -0.2) is 4.79 Å². The minimum atomic E-state index is -0.563. The fourth-order valence-electron chi connectivity index (χ4n) is 4.15. The van der Waals surface area contributed by atoms with Gasteiger partial charge in [-0.3, -0.25) is 4.79 Å². The first-order valence-electron chi connectivity index (χ1n) is 10.8. The molecule has 0 aliphatic carbocycles. The second-order valence-corrected chi connectivity index (χ2v) is 9.96. The number of imide groups is 1. The number of anilines is 1. The lowest BCUT2D eigenvalue weighted by Gasteiger charge is -2.24. The predicted molar refractivity (Wildman–Crippen MR) is 135 cm³/mol. The highest BCUT2D eigenvalue weighted by atomic mass is 32.2. The summed E-state index contributed by atoms with van der Waals surface area (Å²) in [6, 6.07) is 24.1. The van der Waals surface area contributed by atoms with Crippen molar-refractivity contribution in [3.63, 3.8) is 0 Å². The van der Waals surface area contributed by atoms with Gasteiger partial charge in [-0.2, -0.15) is 14.3 Å². The molecule has 170 valence electrons. The number of hydrogen-bond acceptors (Lipinski definition) is 5. The average Bonchev–Trinajstić information content (AvgIpc) is 3.25. The number of thioether (sulfide) groups is 2. The van der Waals surface area contributed by atoms with Crippen molar-refractivity contribution >= 4 is 52.8 Å². The summed E-state index contributed by atoms with van der Waals surface area (Å²) in [4.78, 5) is 43.3. The molecule has 6 nitrogen and oxygen atoms in total. The molecule has 3 aromatic carbocycles. The van der Waals surface area contributed by atoms with Gasteiger partial charge in [0.15, 0.2) is 11.8 Å². The van der Waals surface area contributed by atoms with Gasteiger partial charge in [0.2, 0.25) is 0 Å². The van der Waals surface area contributed by atoms with Gasteiger partial charge in [0.25, 0.3) is 5.91 Å². The van der Waals surface area contributed by atoms with Crippen molar-refractivity contribution in [3.05, 3.63) is 90.0 Å². The number of benzene rings is 3. The Morgan fingerprint density at radius 2 is 1.79 bits per heavy atom. The molecule has 0 aromatic heterocycles. The zero-order valence-electron chi connectivity index (χ0n) is 18.4. The molecular formula is C26H22N3O3S2+. The maximum absolute atomic E-state index is 13.6. The first-order chi connectivity index (χ1) is 16.5. The molecule has 8 heteroatoms. The number of nitrogens with one attached hydrogen (secondary N) is 1. The van der Waals surface area contributed by atoms with Crippen molar-refractivity contribution in [1.29, 1.82) is 0 Å². The first kappa shape index (κ1) is 22.4. The Hall–Kier alpha value is -3.36. The normalized spacial score (nSPS) is 17.0. The first-order valence-corrected chi connectivity index (χ1v) is 12.9. The molecule has 2 heterocycles. The van der Waals surface area contributed by atoms with Crippen LogP contribution in [0.5, 0.6) is 0 Å². The Morgan fingerprint density at radius 3 is 2.59 bits per heavy atom. The van der Waals surface area contributed by atoms with Crippen LogP contribution in [-0.4, -0.2) is 51.1 Å². The standard InChI is InChI=1S/C26H21N3O3S2/c1-33-19-11-7-10-18(14-19)27-22(30)16-28-23-20-12-5-6-13-21(20)34-24(23)25(31)29(26(28)32)15-17-8-3-2-4-9-17/h2-14,24H,15-16H2,1H3/p+1. The largest absolute Gasteiger partial charge is 0.501 e. The summed E-state index contributed by atoms with van der Waals surface area (Å²) in [7, 11) is 0. The zero-order chi connectivity index (χ0) is 23.7. The van der Waals surface area contributed by atoms with Gasteiger partial charge in [0, 0.05) is 21.0 Å². The van der Waals surface area contributed by atoms with Crippen LogP contribution in [0.3, 0.4) is 0 Å². The van der Waals surface area contributed by atoms with E-state index in [2.05, 4.69) is 5.32 Å². The highest BCUT2D eigenvalue weighted by molar-refractivity contribution is 8.02. The Morgan fingerprint density at radius 1 is 1.03 bits per heavy atom. The summed E-state index contributed by atoms with van der Waals surface area (Å²) >= 11 is 3.01. The number of rotatable bonds is 6. The maximum atomic E-state index is 13.6. The van der Waals surface area contributed by atoms with Crippen molar-refractivity contribution < 1.29 is 19.0 Å². The number of fused-ring (bicyclic) bond motifs is 3. The van der Waals surface area contributed by atoms with Crippen LogP contribution in [0.2, 0.25) is 0 Å². The SMILES string of the molecule is CSc1cccc(NC(=O)C[N+]2=C3c4ccccc4SC3C(=O)N(Cc3ccccc3)C2=O)c1. The molecule has 3 aromatic rings. The highest BCUT2D eigenvalue weighted by Crippen LogP contribution is 2.40. The smallest absolute Gasteiger partial charge is 0.323 e. The fraction of sp³-hybridized carbons (Fsp3) is 0.154. The second-order valence-electron chi connectivity index (χ2n) is 7.94. The summed E-state index contributed by atoms with van der Waals surface area (Å²) in [5, 5.41) is 2.33. The number of carbonyl (C=O) groups is 3. The third kappa shape index (κ3) is 4.26. The van der Waals surface area contributed by atoms with Gasteiger partial charge >= 0.3 is 11.9 Å². The minimum absolute atomic E-state index is 0.160. The van der Waals surface area contributed by atoms with Crippen LogP contribution < -0.4 is 5.32 Å². The Balaban J connectivity index is 1.49. The molecule has 0 bridgehead atoms. The summed E-state index contributed by atoms with van der Waals surface area (Å²) in [5.41, 5.74) is 2.94. The summed E-state index contributed by atoms with van der Waals surface area (Å²) in [6.45, 7) is -0.0191. The van der Waals surface area contributed by atoms with Crippen molar-refractivity contribution in [3.8, 4) is 0 Å². The molecule has 2 aliphatic heterocycles. The molecule has 1 unspecified atom stereocenters. The van der Waals surface area contributed by atoms with Gasteiger partial charge in [-0.05, 0) is 42.2 Å². The molecule has 0 fully saturated rings. The lowest BCUT2D eigenvalue weighted by atomic mass is 10.0. The predicted octanol–water partition coefficient (Wildman–Crippen LogP) is 4.49. The average molecular weight is 489 g/mol. The van der Waals surface area contributed by atoms with E-state index in [-0.39, 0.29) is 24.9 Å². The molecule has 0 spiro atoms. The molecule has 0 radical (unpaired) electrons. The fourth-order valence-corrected chi connectivity index (χ4v) is 5.92. The summed E-state index contributed by atoms with van der Waals surface area (Å²) in [6.07, 6.45) is 1.97. The van der Waals surface area contributed by atoms with E-state index in [4.69, 9.17) is 0 Å². The van der Waals surface area contributed by atoms with E-state index in [1.165, 1.54) is 21.2 Å². The van der Waals surface area contributed by atoms with Gasteiger partial charge < -0.3 is 5.32 Å². The van der Waals surface area contributed by atoms with Crippen LogP contribution >= 0.6 is 23.5 Å². The van der Waals surface area contributed by atoms with E-state index >= 15 is 0 Å². The zero-order valence-corrected chi connectivity index (χ0v) is 20.1. The number of hydrogen-bond donors (Lipinski definition) is 1. The van der Waals surface area contributed by atoms with E-state index in [9.17, 15) is 14.4 Å². The number of nitrogens with zero attached hydrogens (tertiary/aromatic N) is 2. The molecule has 1 atom stereocenters. The minimum Gasteiger partial charge on any atom is -0.323 e. The lowest BCUT2D eigenvalue weighted by Crippen LogP contribution is -2.56. The van der Waals surface area contributed by atoms with E-state index in [1.807, 2.05) is 85.1 Å². The molecule has 1 N–H and O–H groups in total. The number of urea groups is 1. The maximum Gasteiger partial charge on any atom is 0.501 e. The van der Waals surface area contributed by atoms with Crippen LogP contribution in [0, 0.1) is 0 Å². The van der Waals surface area contributed by atoms with Crippen LogP contribution in [0.15, 0.2) is 88.7 Å². The quantitative estimate of drug-likeness (QED) is 0.409. The van der Waals surface area contributed by atoms with E-state index in [0.29, 0.717) is 11.4 Å². The van der Waals surface area contributed by atoms with Gasteiger partial charge in [-0.15, -0.1) is 23.5 Å². The topological polar surface area (TPSA) is 69.5 Å². The van der Waals surface area contributed by atoms with Crippen LogP contribution in [-0.2, 0) is 16.1 Å². The Bertz CT molecular complexity index is 1320. The van der Waals surface area contributed by atoms with Crippen LogP contribution in [0.25, 0.3) is 0 Å². The second kappa shape index (κ2) is 9.48. The molecule has 0 saturated heterocycles. The van der Waals surface area contributed by atoms with Crippen molar-refractivity contribution in [1.82, 2.24) is 4.90 Å². The molecule has 5 rings (SSSR count). The molecule has 0 saturated carbocycles. The molecule has 34 heavy (non-hydrogen) atoms. The van der Waals surface area contributed by atoms with Crippen molar-refractivity contribution in [2.45, 2.75) is 21.6 Å². The van der Waals surface area contributed by atoms with E-state index < -0.39 is 11.3 Å². The van der Waals surface area contributed by atoms with E-state index in [0.717, 1.165) is 20.9 Å². The summed E-state index contributed by atoms with van der Waals surface area (Å²) in [5.74, 6) is -0.573. The van der Waals surface area contributed by atoms with E-state index in [1.54, 1.807) is 11.8 Å². The third-order valence-corrected chi connectivity index (χ3v) is 7.73. The third-order valence-electron chi connectivity index (χ3n) is 5.74. The molecular weight excluding hydrogens is 466 g/mol. The van der Waals surface area contributed by atoms with Crippen LogP contribution in [0.1, 0.15) is 11.1 Å². The van der Waals surface area contributed by atoms with Crippen LogP contribution in [0.4, 0.5) is 10.5 Å². The number of amides is 4. The molecule has 2 aliphatic rings. The Kier molecular flexibility index (Phi) is 6.26.